The molecule has 0 spiro atoms. The van der Waals surface area contributed by atoms with E-state index in [2.05, 4.69) is 54.1 Å². The molecule has 0 aliphatic carbocycles. The van der Waals surface area contributed by atoms with Crippen molar-refractivity contribution in [2.24, 2.45) is 0 Å². The van der Waals surface area contributed by atoms with Gasteiger partial charge in [0.15, 0.2) is 0 Å². The lowest BCUT2D eigenvalue weighted by atomic mass is 10.0. The monoisotopic (exact) mass is 236 g/mol. The van der Waals surface area contributed by atoms with Crippen molar-refractivity contribution in [3.8, 4) is 0 Å². The van der Waals surface area contributed by atoms with E-state index in [9.17, 15) is 0 Å². The Kier molecular flexibility index (Phi) is 2.51. The molecule has 18 heavy (non-hydrogen) atoms. The maximum absolute atomic E-state index is 4.52. The molecule has 0 aliphatic rings. The van der Waals surface area contributed by atoms with Crippen molar-refractivity contribution in [1.29, 1.82) is 0 Å². The van der Waals surface area contributed by atoms with Crippen molar-refractivity contribution >= 4 is 21.7 Å². The number of hydrogen-bond acceptors (Lipinski definition) is 2. The fraction of sp³-hybridized carbons (Fsp3) is 0.250. The third kappa shape index (κ3) is 1.65. The summed E-state index contributed by atoms with van der Waals surface area (Å²) in [5, 5.41) is 3.71. The minimum absolute atomic E-state index is 0.838. The molecule has 0 unspecified atom stereocenters. The first-order valence-corrected chi connectivity index (χ1v) is 6.35. The molecule has 0 amide bonds. The Labute approximate surface area is 107 Å². The summed E-state index contributed by atoms with van der Waals surface area (Å²) >= 11 is 0. The third-order valence-electron chi connectivity index (χ3n) is 3.44. The van der Waals surface area contributed by atoms with Crippen molar-refractivity contribution in [3.05, 3.63) is 47.4 Å². The molecule has 1 heterocycles. The summed E-state index contributed by atoms with van der Waals surface area (Å²) in [5.74, 6) is 0.838. The molecule has 2 nitrogen and oxygen atoms in total. The number of nitrogens with zero attached hydrogens (tertiary/aromatic N) is 2. The molecule has 0 atom stereocenters. The third-order valence-corrected chi connectivity index (χ3v) is 3.44. The highest BCUT2D eigenvalue weighted by atomic mass is 14.9. The zero-order valence-electron chi connectivity index (χ0n) is 11.0. The fourth-order valence-electron chi connectivity index (χ4n) is 2.56. The van der Waals surface area contributed by atoms with E-state index in [4.69, 9.17) is 0 Å². The van der Waals surface area contributed by atoms with Gasteiger partial charge in [0.25, 0.3) is 0 Å². The number of aromatic nitrogens is 2. The van der Waals surface area contributed by atoms with Gasteiger partial charge in [0.2, 0.25) is 0 Å². The van der Waals surface area contributed by atoms with Gasteiger partial charge in [0.05, 0.1) is 5.52 Å². The fourth-order valence-corrected chi connectivity index (χ4v) is 2.56. The first-order chi connectivity index (χ1) is 8.69. The average Bonchev–Trinajstić information content (AvgIpc) is 2.37. The van der Waals surface area contributed by atoms with E-state index in [1.165, 1.54) is 21.7 Å². The molecule has 0 fully saturated rings. The Morgan fingerprint density at radius 2 is 1.83 bits per heavy atom. The standard InChI is InChI=1S/C16H16N2/c1-4-12-5-7-14-13(9-12)6-8-15-16(14)10(2)17-11(3)18-15/h5-9H,4H2,1-3H3. The molecule has 2 heteroatoms. The predicted molar refractivity (Wildman–Crippen MR) is 75.9 cm³/mol. The van der Waals surface area contributed by atoms with E-state index in [0.717, 1.165) is 23.5 Å². The van der Waals surface area contributed by atoms with Crippen LogP contribution in [0.15, 0.2) is 30.3 Å². The Bertz CT molecular complexity index is 745. The summed E-state index contributed by atoms with van der Waals surface area (Å²) in [6.45, 7) is 6.18. The van der Waals surface area contributed by atoms with Crippen LogP contribution in [-0.2, 0) is 6.42 Å². The number of benzene rings is 2. The number of rotatable bonds is 1. The van der Waals surface area contributed by atoms with Gasteiger partial charge < -0.3 is 0 Å². The van der Waals surface area contributed by atoms with E-state index >= 15 is 0 Å². The average molecular weight is 236 g/mol. The summed E-state index contributed by atoms with van der Waals surface area (Å²) in [7, 11) is 0. The molecule has 90 valence electrons. The topological polar surface area (TPSA) is 25.8 Å². The molecule has 0 aliphatic heterocycles. The van der Waals surface area contributed by atoms with Crippen LogP contribution in [0.2, 0.25) is 0 Å². The van der Waals surface area contributed by atoms with E-state index in [0.29, 0.717) is 0 Å². The second-order valence-electron chi connectivity index (χ2n) is 4.72. The van der Waals surface area contributed by atoms with Crippen LogP contribution in [0.4, 0.5) is 0 Å². The lowest BCUT2D eigenvalue weighted by Gasteiger charge is -2.08. The minimum Gasteiger partial charge on any atom is -0.238 e. The first-order valence-electron chi connectivity index (χ1n) is 6.35. The van der Waals surface area contributed by atoms with E-state index in [1.54, 1.807) is 0 Å². The molecule has 0 saturated heterocycles. The molecule has 0 bridgehead atoms. The molecule has 2 aromatic carbocycles. The van der Waals surface area contributed by atoms with E-state index in [1.807, 2.05) is 6.92 Å². The van der Waals surface area contributed by atoms with Crippen LogP contribution in [0.5, 0.6) is 0 Å². The van der Waals surface area contributed by atoms with Gasteiger partial charge in [-0.1, -0.05) is 31.2 Å². The van der Waals surface area contributed by atoms with Gasteiger partial charge in [-0.2, -0.15) is 0 Å². The molecule has 1 aromatic heterocycles. The van der Waals surface area contributed by atoms with Crippen molar-refractivity contribution in [2.45, 2.75) is 27.2 Å². The molecule has 3 aromatic rings. The van der Waals surface area contributed by atoms with E-state index < -0.39 is 0 Å². The van der Waals surface area contributed by atoms with Crippen LogP contribution in [0.3, 0.4) is 0 Å². The van der Waals surface area contributed by atoms with Crippen LogP contribution >= 0.6 is 0 Å². The number of aryl methyl sites for hydroxylation is 3. The predicted octanol–water partition coefficient (Wildman–Crippen LogP) is 3.96. The van der Waals surface area contributed by atoms with Crippen LogP contribution < -0.4 is 0 Å². The summed E-state index contributed by atoms with van der Waals surface area (Å²) in [6.07, 6.45) is 1.07. The van der Waals surface area contributed by atoms with Crippen molar-refractivity contribution in [1.82, 2.24) is 9.97 Å². The Morgan fingerprint density at radius 1 is 1.00 bits per heavy atom. The van der Waals surface area contributed by atoms with Gasteiger partial charge in [-0.3, -0.25) is 0 Å². The van der Waals surface area contributed by atoms with Crippen molar-refractivity contribution in [3.63, 3.8) is 0 Å². The van der Waals surface area contributed by atoms with Gasteiger partial charge >= 0.3 is 0 Å². The zero-order valence-corrected chi connectivity index (χ0v) is 11.0. The van der Waals surface area contributed by atoms with Crippen molar-refractivity contribution in [2.75, 3.05) is 0 Å². The summed E-state index contributed by atoms with van der Waals surface area (Å²) in [6, 6.07) is 10.9. The van der Waals surface area contributed by atoms with Crippen LogP contribution in [0, 0.1) is 13.8 Å². The van der Waals surface area contributed by atoms with Gasteiger partial charge in [0, 0.05) is 11.1 Å². The maximum atomic E-state index is 4.52. The normalized spacial score (nSPS) is 11.3. The molecular formula is C16H16N2. The van der Waals surface area contributed by atoms with Crippen molar-refractivity contribution < 1.29 is 0 Å². The Hall–Kier alpha value is -1.96. The Balaban J connectivity index is 2.46. The molecular weight excluding hydrogens is 220 g/mol. The maximum Gasteiger partial charge on any atom is 0.126 e. The summed E-state index contributed by atoms with van der Waals surface area (Å²) in [5.41, 5.74) is 3.47. The molecule has 0 saturated carbocycles. The smallest absolute Gasteiger partial charge is 0.126 e. The van der Waals surface area contributed by atoms with Crippen LogP contribution in [-0.4, -0.2) is 9.97 Å². The van der Waals surface area contributed by atoms with Gasteiger partial charge in [-0.15, -0.1) is 0 Å². The first kappa shape index (κ1) is 11.1. The molecule has 0 N–H and O–H groups in total. The number of fused-ring (bicyclic) bond motifs is 3. The molecule has 0 radical (unpaired) electrons. The van der Waals surface area contributed by atoms with Gasteiger partial charge in [-0.25, -0.2) is 9.97 Å². The lowest BCUT2D eigenvalue weighted by Crippen LogP contribution is -1.94. The molecule has 3 rings (SSSR count). The summed E-state index contributed by atoms with van der Waals surface area (Å²) in [4.78, 5) is 9.00. The zero-order chi connectivity index (χ0) is 12.7. The second-order valence-corrected chi connectivity index (χ2v) is 4.72. The Morgan fingerprint density at radius 3 is 2.61 bits per heavy atom. The summed E-state index contributed by atoms with van der Waals surface area (Å²) < 4.78 is 0. The highest BCUT2D eigenvalue weighted by Crippen LogP contribution is 2.27. The second kappa shape index (κ2) is 4.05. The highest BCUT2D eigenvalue weighted by Gasteiger charge is 2.06. The van der Waals surface area contributed by atoms with Crippen LogP contribution in [0.25, 0.3) is 21.7 Å². The van der Waals surface area contributed by atoms with E-state index in [-0.39, 0.29) is 0 Å². The minimum atomic E-state index is 0.838. The van der Waals surface area contributed by atoms with Crippen LogP contribution in [0.1, 0.15) is 24.0 Å². The quantitative estimate of drug-likeness (QED) is 0.598. The van der Waals surface area contributed by atoms with Gasteiger partial charge in [-0.05, 0) is 42.7 Å². The van der Waals surface area contributed by atoms with Gasteiger partial charge in [0.1, 0.15) is 5.82 Å². The highest BCUT2D eigenvalue weighted by molar-refractivity contribution is 6.07. The largest absolute Gasteiger partial charge is 0.238 e. The SMILES string of the molecule is CCc1ccc2c(ccc3nc(C)nc(C)c32)c1. The lowest BCUT2D eigenvalue weighted by molar-refractivity contribution is 1.05. The number of hydrogen-bond donors (Lipinski definition) is 0.